The van der Waals surface area contributed by atoms with Crippen molar-refractivity contribution < 1.29 is 13.5 Å². The second-order valence-corrected chi connectivity index (χ2v) is 6.64. The topological polar surface area (TPSA) is 45.0 Å². The van der Waals surface area contributed by atoms with E-state index in [9.17, 15) is 8.78 Å². The first kappa shape index (κ1) is 16.0. The number of halogens is 2. The second-order valence-electron chi connectivity index (χ2n) is 6.64. The van der Waals surface area contributed by atoms with Crippen molar-refractivity contribution in [2.45, 2.75) is 31.4 Å². The molecule has 1 fully saturated rings. The quantitative estimate of drug-likeness (QED) is 0.864. The van der Waals surface area contributed by atoms with Gasteiger partial charge in [0.25, 0.3) is 0 Å². The summed E-state index contributed by atoms with van der Waals surface area (Å²) >= 11 is 0. The molecule has 0 aromatic heterocycles. The van der Waals surface area contributed by atoms with Crippen LogP contribution in [-0.2, 0) is 11.2 Å². The summed E-state index contributed by atoms with van der Waals surface area (Å²) in [5, 5.41) is 12.3. The maximum Gasteiger partial charge on any atom is 0.128 e. The fourth-order valence-corrected chi connectivity index (χ4v) is 3.98. The number of nitriles is 1. The summed E-state index contributed by atoms with van der Waals surface area (Å²) in [5.41, 5.74) is 3.14. The first-order valence-corrected chi connectivity index (χ1v) is 8.50. The number of ether oxygens (including phenoxy) is 1. The van der Waals surface area contributed by atoms with Crippen LogP contribution in [0, 0.1) is 28.9 Å². The van der Waals surface area contributed by atoms with Gasteiger partial charge in [-0.2, -0.15) is 5.26 Å². The van der Waals surface area contributed by atoms with Crippen molar-refractivity contribution in [3.05, 3.63) is 64.7 Å². The molecule has 0 radical (unpaired) electrons. The Bertz CT molecular complexity index is 846. The number of nitrogens with zero attached hydrogens (tertiary/aromatic N) is 1. The number of hydrogen-bond donors (Lipinski definition) is 1. The molecule has 1 N–H and O–H groups in total. The van der Waals surface area contributed by atoms with Crippen LogP contribution in [0.3, 0.4) is 0 Å². The first-order valence-electron chi connectivity index (χ1n) is 8.50. The average Bonchev–Trinajstić information content (AvgIpc) is 2.63. The molecule has 3 nitrogen and oxygen atoms in total. The van der Waals surface area contributed by atoms with Crippen LogP contribution >= 0.6 is 0 Å². The molecule has 0 bridgehead atoms. The lowest BCUT2D eigenvalue weighted by Gasteiger charge is -2.43. The highest BCUT2D eigenvalue weighted by Gasteiger charge is 2.40. The van der Waals surface area contributed by atoms with Gasteiger partial charge in [0.05, 0.1) is 24.6 Å². The van der Waals surface area contributed by atoms with E-state index in [1.165, 1.54) is 12.1 Å². The predicted octanol–water partition coefficient (Wildman–Crippen LogP) is 4.67. The van der Waals surface area contributed by atoms with Crippen molar-refractivity contribution in [1.82, 2.24) is 0 Å². The van der Waals surface area contributed by atoms with Gasteiger partial charge in [-0.05, 0) is 42.7 Å². The highest BCUT2D eigenvalue weighted by atomic mass is 19.1. The van der Waals surface area contributed by atoms with E-state index in [1.54, 1.807) is 0 Å². The Balaban J connectivity index is 1.78. The van der Waals surface area contributed by atoms with Crippen molar-refractivity contribution in [3.63, 3.8) is 0 Å². The van der Waals surface area contributed by atoms with E-state index < -0.39 is 11.6 Å². The molecule has 2 aliphatic rings. The number of hydrogen-bond acceptors (Lipinski definition) is 3. The molecule has 128 valence electrons. The second kappa shape index (κ2) is 6.45. The molecule has 1 saturated heterocycles. The monoisotopic (exact) mass is 340 g/mol. The van der Waals surface area contributed by atoms with Crippen molar-refractivity contribution >= 4 is 5.69 Å². The molecule has 25 heavy (non-hydrogen) atoms. The lowest BCUT2D eigenvalue weighted by Crippen LogP contribution is -2.36. The van der Waals surface area contributed by atoms with Crippen LogP contribution in [-0.4, -0.2) is 6.61 Å². The van der Waals surface area contributed by atoms with Gasteiger partial charge in [-0.3, -0.25) is 0 Å². The van der Waals surface area contributed by atoms with Crippen molar-refractivity contribution in [1.29, 1.82) is 5.26 Å². The molecule has 5 heteroatoms. The fraction of sp³-hybridized carbons (Fsp3) is 0.350. The summed E-state index contributed by atoms with van der Waals surface area (Å²) in [6.07, 6.45) is 1.94. The van der Waals surface area contributed by atoms with E-state index in [0.29, 0.717) is 18.6 Å². The van der Waals surface area contributed by atoms with Gasteiger partial charge in [0.2, 0.25) is 0 Å². The van der Waals surface area contributed by atoms with Crippen LogP contribution in [0.2, 0.25) is 0 Å². The van der Waals surface area contributed by atoms with Gasteiger partial charge >= 0.3 is 0 Å². The van der Waals surface area contributed by atoms with Gasteiger partial charge in [-0.1, -0.05) is 12.1 Å². The third-order valence-corrected chi connectivity index (χ3v) is 5.11. The van der Waals surface area contributed by atoms with Gasteiger partial charge in [-0.25, -0.2) is 8.78 Å². The van der Waals surface area contributed by atoms with Crippen LogP contribution in [0.15, 0.2) is 36.4 Å². The Morgan fingerprint density at radius 2 is 2.04 bits per heavy atom. The molecule has 2 aromatic carbocycles. The first-order chi connectivity index (χ1) is 12.2. The molecular weight excluding hydrogens is 322 g/mol. The SMILES string of the molecule is N#CCc1ccc2c(c1)C1OCCCC1C(c1cc(F)ccc1F)N2. The molecule has 0 spiro atoms. The lowest BCUT2D eigenvalue weighted by atomic mass is 9.77. The van der Waals surface area contributed by atoms with E-state index >= 15 is 0 Å². The molecule has 2 aromatic rings. The van der Waals surface area contributed by atoms with Crippen LogP contribution in [0.4, 0.5) is 14.5 Å². The van der Waals surface area contributed by atoms with Gasteiger partial charge in [0.15, 0.2) is 0 Å². The van der Waals surface area contributed by atoms with Gasteiger partial charge in [0, 0.05) is 29.3 Å². The molecule has 2 heterocycles. The molecular formula is C20H18F2N2O. The Hall–Kier alpha value is -2.45. The minimum Gasteiger partial charge on any atom is -0.377 e. The third-order valence-electron chi connectivity index (χ3n) is 5.11. The number of nitrogens with one attached hydrogen (secondary N) is 1. The van der Waals surface area contributed by atoms with Gasteiger partial charge in [-0.15, -0.1) is 0 Å². The summed E-state index contributed by atoms with van der Waals surface area (Å²) in [6, 6.07) is 11.2. The maximum absolute atomic E-state index is 14.4. The van der Waals surface area contributed by atoms with E-state index in [4.69, 9.17) is 10.00 Å². The number of benzene rings is 2. The van der Waals surface area contributed by atoms with E-state index in [1.807, 2.05) is 18.2 Å². The van der Waals surface area contributed by atoms with E-state index in [2.05, 4.69) is 11.4 Å². The third kappa shape index (κ3) is 2.87. The zero-order valence-electron chi connectivity index (χ0n) is 13.6. The highest BCUT2D eigenvalue weighted by Crippen LogP contribution is 2.49. The molecule has 4 rings (SSSR count). The molecule has 3 atom stereocenters. The molecule has 3 unspecified atom stereocenters. The van der Waals surface area contributed by atoms with Crippen LogP contribution < -0.4 is 5.32 Å². The number of fused-ring (bicyclic) bond motifs is 3. The lowest BCUT2D eigenvalue weighted by molar-refractivity contribution is -0.0385. The Morgan fingerprint density at radius 1 is 1.16 bits per heavy atom. The number of anilines is 1. The van der Waals surface area contributed by atoms with E-state index in [-0.39, 0.29) is 18.1 Å². The Morgan fingerprint density at radius 3 is 2.88 bits per heavy atom. The minimum absolute atomic E-state index is 0.0230. The largest absolute Gasteiger partial charge is 0.377 e. The predicted molar refractivity (Wildman–Crippen MR) is 89.9 cm³/mol. The highest BCUT2D eigenvalue weighted by molar-refractivity contribution is 5.58. The smallest absolute Gasteiger partial charge is 0.128 e. The summed E-state index contributed by atoms with van der Waals surface area (Å²) in [4.78, 5) is 0. The average molecular weight is 340 g/mol. The van der Waals surface area contributed by atoms with Crippen LogP contribution in [0.1, 0.15) is 41.7 Å². The van der Waals surface area contributed by atoms with Gasteiger partial charge in [0.1, 0.15) is 11.6 Å². The van der Waals surface area contributed by atoms with E-state index in [0.717, 1.165) is 35.7 Å². The molecule has 0 aliphatic carbocycles. The summed E-state index contributed by atoms with van der Waals surface area (Å²) in [5.74, 6) is -0.829. The summed E-state index contributed by atoms with van der Waals surface area (Å²) in [7, 11) is 0. The molecule has 0 amide bonds. The van der Waals surface area contributed by atoms with Crippen molar-refractivity contribution in [2.75, 3.05) is 11.9 Å². The normalized spacial score (nSPS) is 24.6. The summed E-state index contributed by atoms with van der Waals surface area (Å²) < 4.78 is 34.1. The van der Waals surface area contributed by atoms with Crippen molar-refractivity contribution in [3.8, 4) is 6.07 Å². The minimum atomic E-state index is -0.443. The number of rotatable bonds is 2. The zero-order chi connectivity index (χ0) is 17.4. The maximum atomic E-state index is 14.4. The van der Waals surface area contributed by atoms with Crippen LogP contribution in [0.5, 0.6) is 0 Å². The summed E-state index contributed by atoms with van der Waals surface area (Å²) in [6.45, 7) is 0.654. The fourth-order valence-electron chi connectivity index (χ4n) is 3.98. The zero-order valence-corrected chi connectivity index (χ0v) is 13.6. The molecule has 2 aliphatic heterocycles. The molecule has 0 saturated carbocycles. The van der Waals surface area contributed by atoms with Crippen molar-refractivity contribution in [2.24, 2.45) is 5.92 Å². The van der Waals surface area contributed by atoms with Crippen LogP contribution in [0.25, 0.3) is 0 Å². The Labute approximate surface area is 145 Å². The van der Waals surface area contributed by atoms with Gasteiger partial charge < -0.3 is 10.1 Å². The standard InChI is InChI=1S/C20H18F2N2O/c21-13-4-5-17(22)15(11-13)19-14-2-1-9-25-20(14)16-10-12(7-8-23)3-6-18(16)24-19/h3-6,10-11,14,19-20,24H,1-2,7,9H2. The Kier molecular flexibility index (Phi) is 4.14.